The van der Waals surface area contributed by atoms with Crippen LogP contribution in [0.3, 0.4) is 0 Å². The summed E-state index contributed by atoms with van der Waals surface area (Å²) in [5, 5.41) is 2.89. The van der Waals surface area contributed by atoms with Crippen molar-refractivity contribution in [3.63, 3.8) is 0 Å². The van der Waals surface area contributed by atoms with Gasteiger partial charge in [0.2, 0.25) is 5.91 Å². The number of hydrogen-bond donors (Lipinski definition) is 2. The Bertz CT molecular complexity index is 184. The molecule has 1 rings (SSSR count). The number of carbonyl (C=O) groups excluding carboxylic acids is 1. The molecule has 0 bridgehead atoms. The van der Waals surface area contributed by atoms with Gasteiger partial charge in [0.05, 0.1) is 6.54 Å². The normalized spacial score (nSPS) is 27.0. The molecule has 0 aliphatic carbocycles. The van der Waals surface area contributed by atoms with Gasteiger partial charge in [-0.1, -0.05) is 0 Å². The second kappa shape index (κ2) is 4.58. The Morgan fingerprint density at radius 1 is 1.77 bits per heavy atom. The quantitative estimate of drug-likeness (QED) is 0.626. The molecule has 4 nitrogen and oxygen atoms in total. The van der Waals surface area contributed by atoms with E-state index >= 15 is 0 Å². The van der Waals surface area contributed by atoms with Crippen LogP contribution in [0, 0.1) is 0 Å². The molecular weight excluding hydrogens is 166 g/mol. The van der Waals surface area contributed by atoms with E-state index in [1.165, 1.54) is 0 Å². The zero-order valence-electron chi connectivity index (χ0n) is 8.42. The third-order valence-corrected chi connectivity index (χ3v) is 2.47. The molecule has 0 saturated carbocycles. The molecule has 0 aromatic heterocycles. The first kappa shape index (κ1) is 10.5. The highest BCUT2D eigenvalue weighted by atomic mass is 16.2. The van der Waals surface area contributed by atoms with Gasteiger partial charge < -0.3 is 11.1 Å². The number of hydrogen-bond acceptors (Lipinski definition) is 3. The van der Waals surface area contributed by atoms with Gasteiger partial charge in [-0.2, -0.15) is 0 Å². The smallest absolute Gasteiger partial charge is 0.234 e. The number of rotatable bonds is 3. The zero-order valence-corrected chi connectivity index (χ0v) is 8.42. The summed E-state index contributed by atoms with van der Waals surface area (Å²) in [5.74, 6) is 0.127. The monoisotopic (exact) mass is 185 g/mol. The molecule has 3 N–H and O–H groups in total. The molecule has 0 radical (unpaired) electrons. The fraction of sp³-hybridized carbons (Fsp3) is 0.889. The fourth-order valence-corrected chi connectivity index (χ4v) is 1.73. The minimum absolute atomic E-state index is 0.127. The van der Waals surface area contributed by atoms with Crippen LogP contribution in [0.4, 0.5) is 0 Å². The molecular formula is C9H19N3O. The summed E-state index contributed by atoms with van der Waals surface area (Å²) in [6.45, 7) is 6.30. The molecule has 4 heteroatoms. The second-order valence-electron chi connectivity index (χ2n) is 3.82. The van der Waals surface area contributed by atoms with Crippen LogP contribution in [0.25, 0.3) is 0 Å². The van der Waals surface area contributed by atoms with Crippen LogP contribution in [-0.2, 0) is 4.79 Å². The summed E-state index contributed by atoms with van der Waals surface area (Å²) in [7, 11) is 0. The topological polar surface area (TPSA) is 58.4 Å². The van der Waals surface area contributed by atoms with Gasteiger partial charge in [-0.3, -0.25) is 9.69 Å². The maximum atomic E-state index is 11.2. The first-order chi connectivity index (χ1) is 6.13. The molecule has 2 unspecified atom stereocenters. The van der Waals surface area contributed by atoms with Crippen LogP contribution in [0.2, 0.25) is 0 Å². The third kappa shape index (κ3) is 2.97. The summed E-state index contributed by atoms with van der Waals surface area (Å²) < 4.78 is 0. The van der Waals surface area contributed by atoms with Gasteiger partial charge in [0, 0.05) is 18.6 Å². The molecule has 1 saturated heterocycles. The molecule has 0 spiro atoms. The molecule has 0 aromatic carbocycles. The minimum Gasteiger partial charge on any atom is -0.351 e. The Morgan fingerprint density at radius 2 is 2.46 bits per heavy atom. The van der Waals surface area contributed by atoms with Crippen molar-refractivity contribution in [1.82, 2.24) is 10.2 Å². The highest BCUT2D eigenvalue weighted by molar-refractivity contribution is 5.79. The van der Waals surface area contributed by atoms with E-state index in [2.05, 4.69) is 17.1 Å². The molecule has 1 heterocycles. The molecule has 1 amide bonds. The molecule has 76 valence electrons. The first-order valence-corrected chi connectivity index (χ1v) is 4.87. The highest BCUT2D eigenvalue weighted by Gasteiger charge is 2.24. The Labute approximate surface area is 79.5 Å². The number of carbonyl (C=O) groups is 1. The summed E-state index contributed by atoms with van der Waals surface area (Å²) >= 11 is 0. The van der Waals surface area contributed by atoms with Gasteiger partial charge in [-0.05, 0) is 26.8 Å². The Hall–Kier alpha value is -0.610. The SMILES string of the molecule is CC1CN(C(C)CCN)CC(=O)N1. The predicted octanol–water partition coefficient (Wildman–Crippen LogP) is -0.456. The first-order valence-electron chi connectivity index (χ1n) is 4.87. The van der Waals surface area contributed by atoms with E-state index in [1.807, 2.05) is 6.92 Å². The van der Waals surface area contributed by atoms with Gasteiger partial charge in [0.1, 0.15) is 0 Å². The van der Waals surface area contributed by atoms with Crippen molar-refractivity contribution >= 4 is 5.91 Å². The molecule has 1 aliphatic rings. The molecule has 13 heavy (non-hydrogen) atoms. The maximum absolute atomic E-state index is 11.2. The van der Waals surface area contributed by atoms with Crippen LogP contribution >= 0.6 is 0 Å². The van der Waals surface area contributed by atoms with Crippen molar-refractivity contribution in [3.8, 4) is 0 Å². The lowest BCUT2D eigenvalue weighted by molar-refractivity contribution is -0.126. The molecule has 0 aromatic rings. The average Bonchev–Trinajstić information content (AvgIpc) is 2.03. The minimum atomic E-state index is 0.127. The van der Waals surface area contributed by atoms with Crippen LogP contribution in [0.15, 0.2) is 0 Å². The van der Waals surface area contributed by atoms with Crippen molar-refractivity contribution in [2.75, 3.05) is 19.6 Å². The summed E-state index contributed by atoms with van der Waals surface area (Å²) in [6.07, 6.45) is 0.958. The fourth-order valence-electron chi connectivity index (χ4n) is 1.73. The summed E-state index contributed by atoms with van der Waals surface area (Å²) in [5.41, 5.74) is 5.48. The zero-order chi connectivity index (χ0) is 9.84. The lowest BCUT2D eigenvalue weighted by Gasteiger charge is -2.35. The van der Waals surface area contributed by atoms with E-state index in [1.54, 1.807) is 0 Å². The van der Waals surface area contributed by atoms with Gasteiger partial charge in [-0.15, -0.1) is 0 Å². The van der Waals surface area contributed by atoms with Crippen molar-refractivity contribution < 1.29 is 4.79 Å². The van der Waals surface area contributed by atoms with Gasteiger partial charge in [0.25, 0.3) is 0 Å². The Balaban J connectivity index is 2.44. The van der Waals surface area contributed by atoms with E-state index < -0.39 is 0 Å². The number of piperazine rings is 1. The molecule has 2 atom stereocenters. The lowest BCUT2D eigenvalue weighted by Crippen LogP contribution is -2.55. The van der Waals surface area contributed by atoms with E-state index in [-0.39, 0.29) is 11.9 Å². The summed E-state index contributed by atoms with van der Waals surface area (Å²) in [4.78, 5) is 13.4. The van der Waals surface area contributed by atoms with Gasteiger partial charge >= 0.3 is 0 Å². The third-order valence-electron chi connectivity index (χ3n) is 2.47. The number of nitrogens with zero attached hydrogens (tertiary/aromatic N) is 1. The number of nitrogens with two attached hydrogens (primary N) is 1. The van der Waals surface area contributed by atoms with Crippen molar-refractivity contribution in [3.05, 3.63) is 0 Å². The Kier molecular flexibility index (Phi) is 3.69. The van der Waals surface area contributed by atoms with Crippen molar-refractivity contribution in [1.29, 1.82) is 0 Å². The lowest BCUT2D eigenvalue weighted by atomic mass is 10.1. The van der Waals surface area contributed by atoms with E-state index in [9.17, 15) is 4.79 Å². The number of amides is 1. The molecule has 1 aliphatic heterocycles. The molecule has 1 fully saturated rings. The van der Waals surface area contributed by atoms with Crippen LogP contribution in [-0.4, -0.2) is 42.5 Å². The van der Waals surface area contributed by atoms with Gasteiger partial charge in [0.15, 0.2) is 0 Å². The second-order valence-corrected chi connectivity index (χ2v) is 3.82. The highest BCUT2D eigenvalue weighted by Crippen LogP contribution is 2.07. The van der Waals surface area contributed by atoms with Crippen LogP contribution in [0.1, 0.15) is 20.3 Å². The van der Waals surface area contributed by atoms with E-state index in [0.717, 1.165) is 13.0 Å². The summed E-state index contributed by atoms with van der Waals surface area (Å²) in [6, 6.07) is 0.681. The van der Waals surface area contributed by atoms with Crippen molar-refractivity contribution in [2.24, 2.45) is 5.73 Å². The van der Waals surface area contributed by atoms with Crippen LogP contribution in [0.5, 0.6) is 0 Å². The van der Waals surface area contributed by atoms with E-state index in [0.29, 0.717) is 19.1 Å². The average molecular weight is 185 g/mol. The predicted molar refractivity (Wildman–Crippen MR) is 52.3 cm³/mol. The van der Waals surface area contributed by atoms with Crippen molar-refractivity contribution in [2.45, 2.75) is 32.4 Å². The largest absolute Gasteiger partial charge is 0.351 e. The maximum Gasteiger partial charge on any atom is 0.234 e. The number of nitrogens with one attached hydrogen (secondary N) is 1. The van der Waals surface area contributed by atoms with Crippen LogP contribution < -0.4 is 11.1 Å². The van der Waals surface area contributed by atoms with E-state index in [4.69, 9.17) is 5.73 Å². The standard InChI is InChI=1S/C9H19N3O/c1-7-5-12(6-9(13)11-7)8(2)3-4-10/h7-8H,3-6,10H2,1-2H3,(H,11,13). The van der Waals surface area contributed by atoms with Gasteiger partial charge in [-0.25, -0.2) is 0 Å². The Morgan fingerprint density at radius 3 is 3.00 bits per heavy atom.